The van der Waals surface area contributed by atoms with Crippen LogP contribution in [0.15, 0.2) is 24.3 Å². The maximum atomic E-state index is 5.89. The fraction of sp³-hybridized carbons (Fsp3) is 0.600. The van der Waals surface area contributed by atoms with Crippen LogP contribution in [0.2, 0.25) is 5.02 Å². The van der Waals surface area contributed by atoms with Gasteiger partial charge in [0.1, 0.15) is 0 Å². The summed E-state index contributed by atoms with van der Waals surface area (Å²) in [5.74, 6) is 1.06. The predicted octanol–water partition coefficient (Wildman–Crippen LogP) is 4.74. The van der Waals surface area contributed by atoms with Gasteiger partial charge in [0.05, 0.1) is 0 Å². The van der Waals surface area contributed by atoms with Crippen molar-refractivity contribution in [3.05, 3.63) is 34.9 Å². The predicted molar refractivity (Wildman–Crippen MR) is 84.6 cm³/mol. The Morgan fingerprint density at radius 1 is 1.22 bits per heavy atom. The Bertz CT molecular complexity index is 326. The van der Waals surface area contributed by atoms with E-state index in [2.05, 4.69) is 38.2 Å². The Balaban J connectivity index is 2.38. The molecule has 0 spiro atoms. The minimum Gasteiger partial charge on any atom is -0.313 e. The summed E-state index contributed by atoms with van der Waals surface area (Å²) in [6.45, 7) is 7.90. The van der Waals surface area contributed by atoms with Crippen molar-refractivity contribution in [1.82, 2.24) is 5.32 Å². The Morgan fingerprint density at radius 3 is 2.44 bits per heavy atom. The summed E-state index contributed by atoms with van der Waals surface area (Å²) in [6.07, 6.45) is 2.39. The van der Waals surface area contributed by atoms with Crippen molar-refractivity contribution in [2.24, 2.45) is 0 Å². The molecule has 0 saturated carbocycles. The normalized spacial score (nSPS) is 14.4. The van der Waals surface area contributed by atoms with Crippen molar-refractivity contribution in [2.75, 3.05) is 6.54 Å². The molecule has 2 atom stereocenters. The molecular formula is C15H24ClNS. The second-order valence-corrected chi connectivity index (χ2v) is 6.41. The maximum absolute atomic E-state index is 5.89. The third kappa shape index (κ3) is 5.64. The number of rotatable bonds is 8. The zero-order valence-corrected chi connectivity index (χ0v) is 13.2. The average molecular weight is 286 g/mol. The maximum Gasteiger partial charge on any atom is 0.0406 e. The molecule has 0 aliphatic rings. The molecule has 0 bridgehead atoms. The summed E-state index contributed by atoms with van der Waals surface area (Å²) in [7, 11) is 0. The largest absolute Gasteiger partial charge is 0.313 e. The summed E-state index contributed by atoms with van der Waals surface area (Å²) in [5, 5.41) is 5.07. The highest BCUT2D eigenvalue weighted by atomic mass is 35.5. The first-order valence-electron chi connectivity index (χ1n) is 6.76. The average Bonchev–Trinajstić information content (AvgIpc) is 2.39. The Hall–Kier alpha value is -0.180. The molecular weight excluding hydrogens is 262 g/mol. The van der Waals surface area contributed by atoms with Crippen LogP contribution in [0.25, 0.3) is 0 Å². The lowest BCUT2D eigenvalue weighted by molar-refractivity contribution is 0.493. The van der Waals surface area contributed by atoms with Gasteiger partial charge in [-0.3, -0.25) is 0 Å². The molecule has 1 nitrogen and oxygen atoms in total. The van der Waals surface area contributed by atoms with E-state index in [-0.39, 0.29) is 0 Å². The fourth-order valence-electron chi connectivity index (χ4n) is 1.90. The van der Waals surface area contributed by atoms with E-state index >= 15 is 0 Å². The first-order valence-corrected chi connectivity index (χ1v) is 8.19. The fourth-order valence-corrected chi connectivity index (χ4v) is 3.19. The van der Waals surface area contributed by atoms with Crippen LogP contribution in [0.5, 0.6) is 0 Å². The number of thioether (sulfide) groups is 1. The van der Waals surface area contributed by atoms with Crippen LogP contribution >= 0.6 is 23.4 Å². The number of benzene rings is 1. The zero-order valence-electron chi connectivity index (χ0n) is 11.6. The molecule has 0 amide bonds. The first-order chi connectivity index (χ1) is 8.67. The van der Waals surface area contributed by atoms with E-state index in [1.807, 2.05) is 23.9 Å². The van der Waals surface area contributed by atoms with Crippen molar-refractivity contribution in [1.29, 1.82) is 0 Å². The molecule has 0 aliphatic carbocycles. The number of hydrogen-bond donors (Lipinski definition) is 1. The molecule has 1 rings (SSSR count). The van der Waals surface area contributed by atoms with Crippen LogP contribution in [0.4, 0.5) is 0 Å². The molecule has 0 saturated heterocycles. The number of halogens is 1. The number of hydrogen-bond acceptors (Lipinski definition) is 2. The van der Waals surface area contributed by atoms with Crippen LogP contribution < -0.4 is 5.32 Å². The van der Waals surface area contributed by atoms with Crippen molar-refractivity contribution < 1.29 is 0 Å². The van der Waals surface area contributed by atoms with Gasteiger partial charge >= 0.3 is 0 Å². The molecule has 0 aromatic heterocycles. The summed E-state index contributed by atoms with van der Waals surface area (Å²) >= 11 is 7.90. The summed E-state index contributed by atoms with van der Waals surface area (Å²) in [6, 6.07) is 8.77. The van der Waals surface area contributed by atoms with Crippen LogP contribution in [0, 0.1) is 0 Å². The van der Waals surface area contributed by atoms with E-state index in [9.17, 15) is 0 Å². The van der Waals surface area contributed by atoms with Gasteiger partial charge < -0.3 is 5.32 Å². The number of nitrogens with one attached hydrogen (secondary N) is 1. The van der Waals surface area contributed by atoms with Crippen molar-refractivity contribution in [3.8, 4) is 0 Å². The summed E-state index contributed by atoms with van der Waals surface area (Å²) in [5.41, 5.74) is 1.35. The molecule has 0 radical (unpaired) electrons. The molecule has 0 heterocycles. The summed E-state index contributed by atoms with van der Waals surface area (Å²) in [4.78, 5) is 0. The lowest BCUT2D eigenvalue weighted by Gasteiger charge is -2.23. The quantitative estimate of drug-likeness (QED) is 0.740. The lowest BCUT2D eigenvalue weighted by Crippen LogP contribution is -2.36. The smallest absolute Gasteiger partial charge is 0.0406 e. The van der Waals surface area contributed by atoms with Crippen molar-refractivity contribution >= 4 is 23.4 Å². The first kappa shape index (κ1) is 15.9. The lowest BCUT2D eigenvalue weighted by atomic mass is 10.1. The second kappa shape index (κ2) is 8.84. The highest BCUT2D eigenvalue weighted by Gasteiger charge is 2.14. The van der Waals surface area contributed by atoms with Crippen LogP contribution in [0.1, 0.15) is 39.2 Å². The third-order valence-corrected chi connectivity index (χ3v) is 4.70. The van der Waals surface area contributed by atoms with E-state index in [0.29, 0.717) is 11.3 Å². The van der Waals surface area contributed by atoms with Gasteiger partial charge in [0, 0.05) is 22.1 Å². The van der Waals surface area contributed by atoms with Crippen molar-refractivity contribution in [2.45, 2.75) is 50.7 Å². The van der Waals surface area contributed by atoms with Gasteiger partial charge in [-0.2, -0.15) is 11.8 Å². The molecule has 18 heavy (non-hydrogen) atoms. The van der Waals surface area contributed by atoms with Gasteiger partial charge in [-0.25, -0.2) is 0 Å². The van der Waals surface area contributed by atoms with Gasteiger partial charge in [-0.05, 0) is 37.1 Å². The molecule has 102 valence electrons. The van der Waals surface area contributed by atoms with Gasteiger partial charge in [0.25, 0.3) is 0 Å². The molecule has 1 N–H and O–H groups in total. The molecule has 3 heteroatoms. The van der Waals surface area contributed by atoms with Crippen LogP contribution in [0.3, 0.4) is 0 Å². The van der Waals surface area contributed by atoms with Gasteiger partial charge in [0.15, 0.2) is 0 Å². The van der Waals surface area contributed by atoms with E-state index < -0.39 is 0 Å². The highest BCUT2D eigenvalue weighted by Crippen LogP contribution is 2.22. The van der Waals surface area contributed by atoms with E-state index in [4.69, 9.17) is 11.6 Å². The Labute approximate surface area is 121 Å². The third-order valence-electron chi connectivity index (χ3n) is 3.09. The molecule has 0 aliphatic heterocycles. The molecule has 0 fully saturated rings. The van der Waals surface area contributed by atoms with E-state index in [1.165, 1.54) is 18.4 Å². The standard InChI is InChI=1S/C15H24ClNS/c1-4-10-17-15(5-2)12(3)18-11-13-6-8-14(16)9-7-13/h6-9,12,15,17H,4-5,10-11H2,1-3H3. The monoisotopic (exact) mass is 285 g/mol. The highest BCUT2D eigenvalue weighted by molar-refractivity contribution is 7.99. The van der Waals surface area contributed by atoms with Crippen LogP contribution in [-0.4, -0.2) is 17.8 Å². The molecule has 1 aromatic carbocycles. The van der Waals surface area contributed by atoms with Gasteiger partial charge in [-0.15, -0.1) is 0 Å². The second-order valence-electron chi connectivity index (χ2n) is 4.61. The Kier molecular flexibility index (Phi) is 7.80. The minimum absolute atomic E-state index is 0.613. The van der Waals surface area contributed by atoms with Gasteiger partial charge in [-0.1, -0.05) is 44.5 Å². The van der Waals surface area contributed by atoms with Crippen LogP contribution in [-0.2, 0) is 5.75 Å². The topological polar surface area (TPSA) is 12.0 Å². The SMILES string of the molecule is CCCNC(CC)C(C)SCc1ccc(Cl)cc1. The van der Waals surface area contributed by atoms with Gasteiger partial charge in [0.2, 0.25) is 0 Å². The molecule has 1 aromatic rings. The van der Waals surface area contributed by atoms with E-state index in [1.54, 1.807) is 0 Å². The minimum atomic E-state index is 0.613. The summed E-state index contributed by atoms with van der Waals surface area (Å²) < 4.78 is 0. The Morgan fingerprint density at radius 2 is 1.89 bits per heavy atom. The molecule has 2 unspecified atom stereocenters. The van der Waals surface area contributed by atoms with E-state index in [0.717, 1.165) is 17.3 Å². The zero-order chi connectivity index (χ0) is 13.4. The van der Waals surface area contributed by atoms with Crippen molar-refractivity contribution in [3.63, 3.8) is 0 Å².